The molecule has 1 saturated carbocycles. The van der Waals surface area contributed by atoms with E-state index in [2.05, 4.69) is 22.1 Å². The maximum Gasteiger partial charge on any atom is 0.273 e. The van der Waals surface area contributed by atoms with Crippen molar-refractivity contribution < 1.29 is 9.59 Å². The summed E-state index contributed by atoms with van der Waals surface area (Å²) in [5.41, 5.74) is 1.06. The van der Waals surface area contributed by atoms with Gasteiger partial charge in [-0.3, -0.25) is 9.59 Å². The molecule has 0 bridgehead atoms. The van der Waals surface area contributed by atoms with Crippen LogP contribution in [-0.4, -0.2) is 57.3 Å². The summed E-state index contributed by atoms with van der Waals surface area (Å²) < 4.78 is 1.95. The first-order valence-corrected chi connectivity index (χ1v) is 11.1. The summed E-state index contributed by atoms with van der Waals surface area (Å²) in [5, 5.41) is 3.36. The quantitative estimate of drug-likeness (QED) is 0.668. The third kappa shape index (κ3) is 4.83. The van der Waals surface area contributed by atoms with E-state index in [-0.39, 0.29) is 17.9 Å². The van der Waals surface area contributed by atoms with Crippen LogP contribution in [0.25, 0.3) is 0 Å². The number of amides is 2. The van der Waals surface area contributed by atoms with Crippen LogP contribution in [0.4, 0.5) is 5.69 Å². The number of nitrogens with zero attached hydrogens (tertiary/aromatic N) is 4. The Labute approximate surface area is 187 Å². The van der Waals surface area contributed by atoms with Gasteiger partial charge in [0.25, 0.3) is 5.91 Å². The fourth-order valence-corrected chi connectivity index (χ4v) is 4.10. The van der Waals surface area contributed by atoms with E-state index in [4.69, 9.17) is 11.6 Å². The van der Waals surface area contributed by atoms with Gasteiger partial charge in [-0.25, -0.2) is 4.98 Å². The number of aromatic nitrogens is 2. The number of nitrogens with one attached hydrogen (secondary N) is 1. The minimum Gasteiger partial charge on any atom is -0.327 e. The number of likely N-dealkylation sites (N-methyl/N-ethyl adjacent to an activating group) is 1. The van der Waals surface area contributed by atoms with E-state index < -0.39 is 0 Å². The van der Waals surface area contributed by atoms with E-state index in [0.717, 1.165) is 31.8 Å². The van der Waals surface area contributed by atoms with Crippen LogP contribution in [0.2, 0.25) is 5.02 Å². The number of hydrogen-bond donors (Lipinski definition) is 1. The fraction of sp³-hybridized carbons (Fsp3) is 0.435. The van der Waals surface area contributed by atoms with Gasteiger partial charge in [0, 0.05) is 19.2 Å². The molecule has 4 rings (SSSR count). The molecule has 0 unspecified atom stereocenters. The normalized spacial score (nSPS) is 18.5. The van der Waals surface area contributed by atoms with Crippen LogP contribution in [0.5, 0.6) is 0 Å². The highest BCUT2D eigenvalue weighted by atomic mass is 35.5. The number of carbonyl (C=O) groups excluding carboxylic acids is 2. The molecule has 1 aliphatic carbocycles. The summed E-state index contributed by atoms with van der Waals surface area (Å²) in [6, 6.07) is 7.23. The van der Waals surface area contributed by atoms with Crippen molar-refractivity contribution in [1.82, 2.24) is 19.4 Å². The predicted octanol–water partition coefficient (Wildman–Crippen LogP) is 3.42. The lowest BCUT2D eigenvalue weighted by Crippen LogP contribution is -2.47. The predicted molar refractivity (Wildman–Crippen MR) is 121 cm³/mol. The second-order valence-electron chi connectivity index (χ2n) is 8.23. The van der Waals surface area contributed by atoms with Gasteiger partial charge in [-0.1, -0.05) is 36.7 Å². The molecular formula is C23H28ClN5O2. The monoisotopic (exact) mass is 441 g/mol. The van der Waals surface area contributed by atoms with Crippen molar-refractivity contribution in [2.45, 2.75) is 38.9 Å². The summed E-state index contributed by atoms with van der Waals surface area (Å²) in [6.07, 6.45) is 7.40. The lowest BCUT2D eigenvalue weighted by Gasteiger charge is -2.36. The third-order valence-corrected chi connectivity index (χ3v) is 6.37. The minimum atomic E-state index is -0.247. The van der Waals surface area contributed by atoms with Gasteiger partial charge in [0.15, 0.2) is 0 Å². The van der Waals surface area contributed by atoms with Crippen molar-refractivity contribution in [3.8, 4) is 0 Å². The first-order valence-electron chi connectivity index (χ1n) is 10.7. The molecule has 2 heterocycles. The zero-order chi connectivity index (χ0) is 22.0. The van der Waals surface area contributed by atoms with Crippen molar-refractivity contribution in [3.63, 3.8) is 0 Å². The Balaban J connectivity index is 1.51. The number of anilines is 1. The minimum absolute atomic E-state index is 0.0118. The summed E-state index contributed by atoms with van der Waals surface area (Å²) >= 11 is 6.18. The van der Waals surface area contributed by atoms with Crippen LogP contribution >= 0.6 is 11.6 Å². The fourth-order valence-electron chi connectivity index (χ4n) is 3.91. The molecule has 31 heavy (non-hydrogen) atoms. The van der Waals surface area contributed by atoms with Crippen LogP contribution in [0.1, 0.15) is 36.1 Å². The first-order chi connectivity index (χ1) is 15.0. The number of hydrogen-bond acceptors (Lipinski definition) is 4. The SMILES string of the molecule is CCN(C)C/C=C/C(=O)N1Cc2ncc(C(=O)Nc3ccccc3Cl)n2C[C@@H]1C1CC1. The van der Waals surface area contributed by atoms with Gasteiger partial charge in [0.2, 0.25) is 5.91 Å². The van der Waals surface area contributed by atoms with Gasteiger partial charge in [-0.2, -0.15) is 0 Å². The van der Waals surface area contributed by atoms with Crippen LogP contribution in [0, 0.1) is 5.92 Å². The lowest BCUT2D eigenvalue weighted by atomic mass is 10.1. The third-order valence-electron chi connectivity index (χ3n) is 6.04. The van der Waals surface area contributed by atoms with E-state index >= 15 is 0 Å². The largest absolute Gasteiger partial charge is 0.327 e. The van der Waals surface area contributed by atoms with Gasteiger partial charge in [0.05, 0.1) is 29.5 Å². The van der Waals surface area contributed by atoms with Gasteiger partial charge in [0.1, 0.15) is 11.5 Å². The lowest BCUT2D eigenvalue weighted by molar-refractivity contribution is -0.130. The average molecular weight is 442 g/mol. The van der Waals surface area contributed by atoms with Crippen LogP contribution < -0.4 is 5.32 Å². The van der Waals surface area contributed by atoms with Gasteiger partial charge < -0.3 is 19.7 Å². The number of rotatable bonds is 7. The molecule has 2 aliphatic rings. The Morgan fingerprint density at radius 3 is 2.81 bits per heavy atom. The Morgan fingerprint density at radius 1 is 1.32 bits per heavy atom. The van der Waals surface area contributed by atoms with Crippen molar-refractivity contribution in [2.75, 3.05) is 25.5 Å². The van der Waals surface area contributed by atoms with E-state index in [0.29, 0.717) is 35.4 Å². The molecule has 1 fully saturated rings. The zero-order valence-electron chi connectivity index (χ0n) is 17.9. The summed E-state index contributed by atoms with van der Waals surface area (Å²) in [4.78, 5) is 34.3. The van der Waals surface area contributed by atoms with Crippen molar-refractivity contribution in [2.24, 2.45) is 5.92 Å². The maximum absolute atomic E-state index is 12.9. The summed E-state index contributed by atoms with van der Waals surface area (Å²) in [5.74, 6) is 0.973. The van der Waals surface area contributed by atoms with E-state index in [1.165, 1.54) is 0 Å². The van der Waals surface area contributed by atoms with Gasteiger partial charge >= 0.3 is 0 Å². The van der Waals surface area contributed by atoms with Crippen LogP contribution in [-0.2, 0) is 17.9 Å². The Kier molecular flexibility index (Phi) is 6.43. The van der Waals surface area contributed by atoms with Crippen LogP contribution in [0.3, 0.4) is 0 Å². The number of halogens is 1. The molecule has 2 amide bonds. The molecule has 1 aliphatic heterocycles. The molecule has 2 aromatic rings. The van der Waals surface area contributed by atoms with E-state index in [9.17, 15) is 9.59 Å². The first kappa shape index (κ1) is 21.6. The van der Waals surface area contributed by atoms with Crippen molar-refractivity contribution in [1.29, 1.82) is 0 Å². The number of benzene rings is 1. The average Bonchev–Trinajstić information content (AvgIpc) is 3.53. The Morgan fingerprint density at radius 2 is 2.10 bits per heavy atom. The van der Waals surface area contributed by atoms with Crippen molar-refractivity contribution in [3.05, 3.63) is 59.2 Å². The molecule has 1 aromatic carbocycles. The van der Waals surface area contributed by atoms with Crippen molar-refractivity contribution >= 4 is 29.1 Å². The molecule has 7 nitrogen and oxygen atoms in total. The van der Waals surface area contributed by atoms with Gasteiger partial charge in [-0.05, 0) is 44.5 Å². The second kappa shape index (κ2) is 9.24. The molecule has 164 valence electrons. The number of para-hydroxylation sites is 1. The van der Waals surface area contributed by atoms with E-state index in [1.807, 2.05) is 34.7 Å². The number of fused-ring (bicyclic) bond motifs is 1. The van der Waals surface area contributed by atoms with Crippen LogP contribution in [0.15, 0.2) is 42.6 Å². The molecule has 0 saturated heterocycles. The maximum atomic E-state index is 12.9. The molecule has 8 heteroatoms. The molecule has 1 N–H and O–H groups in total. The molecular weight excluding hydrogens is 414 g/mol. The highest BCUT2D eigenvalue weighted by Gasteiger charge is 2.41. The van der Waals surface area contributed by atoms with E-state index in [1.54, 1.807) is 24.4 Å². The highest BCUT2D eigenvalue weighted by molar-refractivity contribution is 6.33. The highest BCUT2D eigenvalue weighted by Crippen LogP contribution is 2.39. The standard InChI is InChI=1S/C23H28ClN5O2/c1-3-27(2)12-6-9-22(30)29-15-21-25-13-19(28(21)14-20(29)16-10-11-16)23(31)26-18-8-5-4-7-17(18)24/h4-9,13,16,20H,3,10-12,14-15H2,1-2H3,(H,26,31)/b9-6+/t20-/m1/s1. The number of carbonyl (C=O) groups is 2. The Hall–Kier alpha value is -2.64. The topological polar surface area (TPSA) is 70.5 Å². The molecule has 0 radical (unpaired) electrons. The second-order valence-corrected chi connectivity index (χ2v) is 8.64. The smallest absolute Gasteiger partial charge is 0.273 e. The molecule has 1 aromatic heterocycles. The zero-order valence-corrected chi connectivity index (χ0v) is 18.7. The van der Waals surface area contributed by atoms with Gasteiger partial charge in [-0.15, -0.1) is 0 Å². The molecule has 1 atom stereocenters. The summed E-state index contributed by atoms with van der Waals surface area (Å²) in [6.45, 7) is 4.75. The summed E-state index contributed by atoms with van der Waals surface area (Å²) in [7, 11) is 2.02. The number of imidazole rings is 1. The Bertz CT molecular complexity index is 998. The molecule has 0 spiro atoms.